The summed E-state index contributed by atoms with van der Waals surface area (Å²) in [6, 6.07) is 97.5. The third-order valence-electron chi connectivity index (χ3n) is 13.6. The van der Waals surface area contributed by atoms with Crippen LogP contribution in [0.3, 0.4) is 0 Å². The van der Waals surface area contributed by atoms with E-state index in [0.29, 0.717) is 0 Å². The lowest BCUT2D eigenvalue weighted by molar-refractivity contribution is 1.18. The fraction of sp³-hybridized carbons (Fsp3) is 0. The van der Waals surface area contributed by atoms with Crippen LogP contribution in [0.4, 0.5) is 17.1 Å². The van der Waals surface area contributed by atoms with E-state index >= 15 is 0 Å². The van der Waals surface area contributed by atoms with E-state index in [1.807, 2.05) is 11.3 Å². The van der Waals surface area contributed by atoms with Crippen LogP contribution in [0, 0.1) is 0 Å². The van der Waals surface area contributed by atoms with E-state index in [4.69, 9.17) is 0 Å². The summed E-state index contributed by atoms with van der Waals surface area (Å²) in [7, 11) is 0. The average molecular weight is 897 g/mol. The van der Waals surface area contributed by atoms with Crippen LogP contribution in [0.15, 0.2) is 267 Å². The Morgan fingerprint density at radius 2 is 0.696 bits per heavy atom. The molecule has 0 unspecified atom stereocenters. The van der Waals surface area contributed by atoms with E-state index in [9.17, 15) is 0 Å². The quantitative estimate of drug-likeness (QED) is 0.140. The Balaban J connectivity index is 0.992. The number of nitrogens with zero attached hydrogens (tertiary/aromatic N) is 2. The zero-order valence-electron chi connectivity index (χ0n) is 37.7. The molecule has 69 heavy (non-hydrogen) atoms. The van der Waals surface area contributed by atoms with E-state index in [1.54, 1.807) is 0 Å². The standard InChI is InChI=1S/C66H44N2S/c1-3-15-45(16-4-1)47-27-29-48(30-28-47)50-33-38-53(39-34-50)67(52-36-31-49(32-37-52)46-17-5-2-6-18-46)54-40-42-55(61(44-54)51-35-41-60-59-22-10-14-26-65(59)69-66(60)43-51)56-19-7-11-23-62(56)68-63-24-12-8-20-57(63)58-21-9-13-25-64(58)68/h1-44H. The molecule has 2 heterocycles. The first-order chi connectivity index (χ1) is 34.2. The van der Waals surface area contributed by atoms with Gasteiger partial charge in [0, 0.05) is 53.6 Å². The van der Waals surface area contributed by atoms with Crippen LogP contribution in [0.2, 0.25) is 0 Å². The molecule has 0 amide bonds. The molecule has 0 fully saturated rings. The molecule has 2 aromatic heterocycles. The van der Waals surface area contributed by atoms with Gasteiger partial charge in [-0.2, -0.15) is 0 Å². The molecule has 0 spiro atoms. The highest BCUT2D eigenvalue weighted by atomic mass is 32.1. The van der Waals surface area contributed by atoms with Crippen LogP contribution in [0.1, 0.15) is 0 Å². The minimum absolute atomic E-state index is 1.08. The molecular weight excluding hydrogens is 853 g/mol. The van der Waals surface area contributed by atoms with Gasteiger partial charge in [0.2, 0.25) is 0 Å². The van der Waals surface area contributed by atoms with E-state index in [-0.39, 0.29) is 0 Å². The Bertz CT molecular complexity index is 3930. The summed E-state index contributed by atoms with van der Waals surface area (Å²) < 4.78 is 5.03. The monoisotopic (exact) mass is 896 g/mol. The molecule has 324 valence electrons. The second-order valence-electron chi connectivity index (χ2n) is 17.7. The number of benzene rings is 11. The number of rotatable bonds is 9. The maximum Gasteiger partial charge on any atom is 0.0541 e. The lowest BCUT2D eigenvalue weighted by Gasteiger charge is -2.27. The van der Waals surface area contributed by atoms with Crippen LogP contribution >= 0.6 is 11.3 Å². The SMILES string of the molecule is c1ccc(-c2ccc(-c3ccc(N(c4ccc(-c5ccccc5)cc4)c4ccc(-c5ccccc5-n5c6ccccc6c6ccccc65)c(-c5ccc6c(c5)sc5ccccc56)c4)cc3)cc2)cc1. The molecule has 2 nitrogen and oxygen atoms in total. The zero-order chi connectivity index (χ0) is 45.7. The predicted octanol–water partition coefficient (Wildman–Crippen LogP) is 19.0. The Morgan fingerprint density at radius 1 is 0.261 bits per heavy atom. The third kappa shape index (κ3) is 7.28. The summed E-state index contributed by atoms with van der Waals surface area (Å²) in [5.41, 5.74) is 18.6. The molecule has 0 aliphatic heterocycles. The zero-order valence-corrected chi connectivity index (χ0v) is 38.5. The van der Waals surface area contributed by atoms with Gasteiger partial charge in [-0.1, -0.05) is 200 Å². The van der Waals surface area contributed by atoms with Crippen LogP contribution in [-0.4, -0.2) is 4.57 Å². The van der Waals surface area contributed by atoms with Crippen molar-refractivity contribution in [2.24, 2.45) is 0 Å². The Kier molecular flexibility index (Phi) is 10.1. The van der Waals surface area contributed by atoms with Crippen molar-refractivity contribution in [1.82, 2.24) is 4.57 Å². The molecule has 0 saturated carbocycles. The van der Waals surface area contributed by atoms with Crippen LogP contribution in [-0.2, 0) is 0 Å². The molecule has 0 radical (unpaired) electrons. The largest absolute Gasteiger partial charge is 0.310 e. The Hall–Kier alpha value is -8.76. The van der Waals surface area contributed by atoms with Crippen molar-refractivity contribution in [3.05, 3.63) is 267 Å². The van der Waals surface area contributed by atoms with Gasteiger partial charge in [-0.3, -0.25) is 0 Å². The van der Waals surface area contributed by atoms with Crippen molar-refractivity contribution in [1.29, 1.82) is 0 Å². The van der Waals surface area contributed by atoms with Crippen LogP contribution in [0.5, 0.6) is 0 Å². The molecular formula is C66H44N2S. The third-order valence-corrected chi connectivity index (χ3v) is 14.8. The van der Waals surface area contributed by atoms with Crippen molar-refractivity contribution in [3.8, 4) is 61.3 Å². The van der Waals surface area contributed by atoms with Gasteiger partial charge in [-0.15, -0.1) is 11.3 Å². The lowest BCUT2D eigenvalue weighted by atomic mass is 9.92. The highest BCUT2D eigenvalue weighted by molar-refractivity contribution is 7.25. The van der Waals surface area contributed by atoms with Gasteiger partial charge in [0.1, 0.15) is 0 Å². The second kappa shape index (κ2) is 17.2. The summed E-state index contributed by atoms with van der Waals surface area (Å²) in [6.07, 6.45) is 0. The molecule has 0 bridgehead atoms. The molecule has 11 aromatic carbocycles. The first-order valence-corrected chi connectivity index (χ1v) is 24.4. The predicted molar refractivity (Wildman–Crippen MR) is 296 cm³/mol. The molecule has 0 atom stereocenters. The number of hydrogen-bond acceptors (Lipinski definition) is 2. The van der Waals surface area contributed by atoms with Crippen molar-refractivity contribution in [2.75, 3.05) is 4.90 Å². The smallest absolute Gasteiger partial charge is 0.0541 e. The van der Waals surface area contributed by atoms with E-state index in [2.05, 4.69) is 276 Å². The van der Waals surface area contributed by atoms with E-state index in [1.165, 1.54) is 97.6 Å². The first-order valence-electron chi connectivity index (χ1n) is 23.6. The number of aromatic nitrogens is 1. The van der Waals surface area contributed by atoms with Gasteiger partial charge < -0.3 is 9.47 Å². The highest BCUT2D eigenvalue weighted by Gasteiger charge is 2.21. The number of anilines is 3. The molecule has 3 heteroatoms. The number of thiophene rings is 1. The fourth-order valence-electron chi connectivity index (χ4n) is 10.3. The second-order valence-corrected chi connectivity index (χ2v) is 18.7. The molecule has 0 aliphatic carbocycles. The normalized spacial score (nSPS) is 11.5. The van der Waals surface area contributed by atoms with Crippen molar-refractivity contribution < 1.29 is 0 Å². The van der Waals surface area contributed by atoms with Crippen molar-refractivity contribution >= 4 is 70.4 Å². The summed E-state index contributed by atoms with van der Waals surface area (Å²) in [5.74, 6) is 0. The van der Waals surface area contributed by atoms with Crippen LogP contribution in [0.25, 0.3) is 103 Å². The number of para-hydroxylation sites is 3. The van der Waals surface area contributed by atoms with Crippen molar-refractivity contribution in [2.45, 2.75) is 0 Å². The summed E-state index contributed by atoms with van der Waals surface area (Å²) in [6.45, 7) is 0. The Morgan fingerprint density at radius 3 is 1.29 bits per heavy atom. The van der Waals surface area contributed by atoms with Crippen molar-refractivity contribution in [3.63, 3.8) is 0 Å². The molecule has 13 rings (SSSR count). The topological polar surface area (TPSA) is 8.17 Å². The van der Waals surface area contributed by atoms with Gasteiger partial charge in [0.15, 0.2) is 0 Å². The molecule has 0 saturated heterocycles. The highest BCUT2D eigenvalue weighted by Crippen LogP contribution is 2.46. The fourth-order valence-corrected chi connectivity index (χ4v) is 11.4. The lowest BCUT2D eigenvalue weighted by Crippen LogP contribution is -2.10. The van der Waals surface area contributed by atoms with Crippen LogP contribution < -0.4 is 4.90 Å². The summed E-state index contributed by atoms with van der Waals surface area (Å²) in [5, 5.41) is 5.09. The molecule has 0 aliphatic rings. The molecule has 13 aromatic rings. The maximum absolute atomic E-state index is 2.45. The van der Waals surface area contributed by atoms with Gasteiger partial charge in [-0.05, 0) is 117 Å². The number of hydrogen-bond donors (Lipinski definition) is 0. The molecule has 0 N–H and O–H groups in total. The average Bonchev–Trinajstić information content (AvgIpc) is 3.97. The summed E-state index contributed by atoms with van der Waals surface area (Å²) >= 11 is 1.86. The first kappa shape index (κ1) is 40.5. The van der Waals surface area contributed by atoms with Gasteiger partial charge >= 0.3 is 0 Å². The summed E-state index contributed by atoms with van der Waals surface area (Å²) in [4.78, 5) is 2.40. The Labute approximate surface area is 405 Å². The van der Waals surface area contributed by atoms with Gasteiger partial charge in [0.05, 0.1) is 16.7 Å². The van der Waals surface area contributed by atoms with Gasteiger partial charge in [0.25, 0.3) is 0 Å². The van der Waals surface area contributed by atoms with E-state index < -0.39 is 0 Å². The van der Waals surface area contributed by atoms with E-state index in [0.717, 1.165) is 22.7 Å². The van der Waals surface area contributed by atoms with Gasteiger partial charge in [-0.25, -0.2) is 0 Å². The minimum Gasteiger partial charge on any atom is -0.310 e. The number of fused-ring (bicyclic) bond motifs is 6. The minimum atomic E-state index is 1.08. The maximum atomic E-state index is 2.45.